The first-order valence-electron chi connectivity index (χ1n) is 12.1. The summed E-state index contributed by atoms with van der Waals surface area (Å²) in [6.07, 6.45) is -0.123. The van der Waals surface area contributed by atoms with Crippen molar-refractivity contribution in [3.05, 3.63) is 65.0 Å². The number of benzene rings is 3. The molecule has 2 amide bonds. The lowest BCUT2D eigenvalue weighted by Gasteiger charge is -2.16. The molecule has 0 fully saturated rings. The Labute approximate surface area is 209 Å². The van der Waals surface area contributed by atoms with Gasteiger partial charge in [0.05, 0.1) is 43.1 Å². The summed E-state index contributed by atoms with van der Waals surface area (Å²) in [6.45, 7) is 9.98. The molecule has 0 unspecified atom stereocenters. The molecule has 0 saturated heterocycles. The molecule has 0 radical (unpaired) electrons. The zero-order valence-corrected chi connectivity index (χ0v) is 21.1. The van der Waals surface area contributed by atoms with E-state index in [0.717, 1.165) is 11.0 Å². The molecule has 7 nitrogen and oxygen atoms in total. The van der Waals surface area contributed by atoms with Crippen LogP contribution in [0.4, 0.5) is 10.1 Å². The summed E-state index contributed by atoms with van der Waals surface area (Å²) < 4.78 is 31.6. The number of hydrogen-bond donors (Lipinski definition) is 0. The predicted octanol–water partition coefficient (Wildman–Crippen LogP) is 5.71. The molecule has 1 aliphatic heterocycles. The van der Waals surface area contributed by atoms with Crippen LogP contribution in [0.1, 0.15) is 60.9 Å². The summed E-state index contributed by atoms with van der Waals surface area (Å²) in [6, 6.07) is 11.1. The lowest BCUT2D eigenvalue weighted by Crippen LogP contribution is -2.30. The average molecular weight is 496 g/mol. The molecule has 8 heteroatoms. The number of carbonyl (C=O) groups excluding carboxylic acids is 3. The first-order valence-corrected chi connectivity index (χ1v) is 12.1. The number of hydrogen-bond acceptors (Lipinski definition) is 6. The first-order chi connectivity index (χ1) is 17.4. The summed E-state index contributed by atoms with van der Waals surface area (Å²) in [7, 11) is 0. The van der Waals surface area contributed by atoms with Crippen LogP contribution in [0, 0.1) is 5.82 Å². The fourth-order valence-electron chi connectivity index (χ4n) is 4.13. The molecule has 3 aromatic carbocycles. The van der Waals surface area contributed by atoms with Crippen molar-refractivity contribution in [3.8, 4) is 11.5 Å². The highest BCUT2D eigenvalue weighted by Crippen LogP contribution is 2.46. The van der Waals surface area contributed by atoms with Gasteiger partial charge in [-0.1, -0.05) is 44.2 Å². The van der Waals surface area contributed by atoms with Gasteiger partial charge >= 0.3 is 5.97 Å². The normalized spacial score (nSPS) is 12.2. The van der Waals surface area contributed by atoms with Gasteiger partial charge in [-0.05, 0) is 38.5 Å². The van der Waals surface area contributed by atoms with Crippen LogP contribution in [0.2, 0.25) is 0 Å². The van der Waals surface area contributed by atoms with Crippen LogP contribution in [0.3, 0.4) is 0 Å². The smallest absolute Gasteiger partial charge is 0.310 e. The number of ether oxygens (including phenoxy) is 3. The zero-order valence-electron chi connectivity index (χ0n) is 21.1. The second-order valence-corrected chi connectivity index (χ2v) is 7.53. The molecule has 0 saturated carbocycles. The van der Waals surface area contributed by atoms with Crippen molar-refractivity contribution in [2.45, 2.75) is 41.0 Å². The topological polar surface area (TPSA) is 82.1 Å². The Morgan fingerprint density at radius 2 is 1.36 bits per heavy atom. The molecular weight excluding hydrogens is 465 g/mol. The van der Waals surface area contributed by atoms with Crippen LogP contribution in [0.5, 0.6) is 11.5 Å². The molecule has 36 heavy (non-hydrogen) atoms. The Balaban J connectivity index is 0.00000176. The molecule has 3 aromatic rings. The minimum atomic E-state index is -0.809. The predicted molar refractivity (Wildman–Crippen MR) is 136 cm³/mol. The number of fused-ring (bicyclic) bond motifs is 2. The highest BCUT2D eigenvalue weighted by molar-refractivity contribution is 6.38. The largest absolute Gasteiger partial charge is 0.492 e. The SMILES string of the molecule is CC.CCOC(=O)Cc1ccc(N2C(=O)c3c(c(OCC)c4ccccc4c3OCC)C2=O)c(F)c1. The maximum Gasteiger partial charge on any atom is 0.310 e. The molecule has 1 heterocycles. The number of rotatable bonds is 8. The van der Waals surface area contributed by atoms with E-state index in [1.807, 2.05) is 13.8 Å². The fraction of sp³-hybridized carbons (Fsp3) is 0.321. The third-order valence-electron chi connectivity index (χ3n) is 5.44. The summed E-state index contributed by atoms with van der Waals surface area (Å²) >= 11 is 0. The minimum Gasteiger partial charge on any atom is -0.492 e. The molecule has 4 rings (SSSR count). The molecule has 0 aliphatic carbocycles. The van der Waals surface area contributed by atoms with E-state index < -0.39 is 23.6 Å². The van der Waals surface area contributed by atoms with Crippen molar-refractivity contribution < 1.29 is 33.0 Å². The Hall–Kier alpha value is -3.94. The standard InChI is InChI=1S/C26H24FNO6.C2H6/c1-4-32-20(29)14-15-11-12-19(18(27)13-15)28-25(30)21-22(26(28)31)24(34-6-3)17-10-8-7-9-16(17)23(21)33-5-2;1-2/h7-13H,4-6,14H2,1-3H3;1-2H3. The molecular formula is C28H30FNO6. The van der Waals surface area contributed by atoms with E-state index >= 15 is 4.39 Å². The lowest BCUT2D eigenvalue weighted by molar-refractivity contribution is -0.142. The Bertz CT molecular complexity index is 1240. The quantitative estimate of drug-likeness (QED) is 0.294. The van der Waals surface area contributed by atoms with Crippen molar-refractivity contribution in [2.24, 2.45) is 0 Å². The third-order valence-corrected chi connectivity index (χ3v) is 5.44. The number of nitrogens with zero attached hydrogens (tertiary/aromatic N) is 1. The average Bonchev–Trinajstić information content (AvgIpc) is 3.13. The van der Waals surface area contributed by atoms with E-state index in [-0.39, 0.29) is 54.6 Å². The van der Waals surface area contributed by atoms with Crippen LogP contribution in [0.15, 0.2) is 42.5 Å². The van der Waals surface area contributed by atoms with Crippen LogP contribution in [0.25, 0.3) is 10.8 Å². The van der Waals surface area contributed by atoms with Gasteiger partial charge in [-0.2, -0.15) is 0 Å². The molecule has 1 aliphatic rings. The van der Waals surface area contributed by atoms with Crippen molar-refractivity contribution in [1.82, 2.24) is 0 Å². The number of carbonyl (C=O) groups is 3. The Morgan fingerprint density at radius 1 is 0.833 bits per heavy atom. The van der Waals surface area contributed by atoms with Crippen LogP contribution >= 0.6 is 0 Å². The highest BCUT2D eigenvalue weighted by Gasteiger charge is 2.44. The number of esters is 1. The van der Waals surface area contributed by atoms with Gasteiger partial charge in [-0.15, -0.1) is 0 Å². The minimum absolute atomic E-state index is 0.0454. The molecule has 0 N–H and O–H groups in total. The second kappa shape index (κ2) is 11.7. The fourth-order valence-corrected chi connectivity index (χ4v) is 4.13. The van der Waals surface area contributed by atoms with Gasteiger partial charge in [0.1, 0.15) is 17.3 Å². The summed E-state index contributed by atoms with van der Waals surface area (Å²) in [5.41, 5.74) is 0.243. The summed E-state index contributed by atoms with van der Waals surface area (Å²) in [4.78, 5) is 39.6. The Morgan fingerprint density at radius 3 is 1.81 bits per heavy atom. The van der Waals surface area contributed by atoms with E-state index in [1.54, 1.807) is 45.0 Å². The van der Waals surface area contributed by atoms with Crippen molar-refractivity contribution in [2.75, 3.05) is 24.7 Å². The van der Waals surface area contributed by atoms with Crippen molar-refractivity contribution in [3.63, 3.8) is 0 Å². The third kappa shape index (κ3) is 4.76. The van der Waals surface area contributed by atoms with Gasteiger partial charge in [-0.25, -0.2) is 9.29 Å². The number of anilines is 1. The number of halogens is 1. The zero-order chi connectivity index (χ0) is 26.4. The van der Waals surface area contributed by atoms with E-state index in [1.165, 1.54) is 12.1 Å². The van der Waals surface area contributed by atoms with E-state index in [0.29, 0.717) is 16.3 Å². The van der Waals surface area contributed by atoms with Crippen LogP contribution < -0.4 is 14.4 Å². The van der Waals surface area contributed by atoms with Crippen LogP contribution in [-0.4, -0.2) is 37.6 Å². The molecule has 0 atom stereocenters. The van der Waals surface area contributed by atoms with Crippen molar-refractivity contribution >= 4 is 34.2 Å². The highest BCUT2D eigenvalue weighted by atomic mass is 19.1. The van der Waals surface area contributed by atoms with Gasteiger partial charge in [0.25, 0.3) is 11.8 Å². The van der Waals surface area contributed by atoms with E-state index in [2.05, 4.69) is 0 Å². The number of amides is 2. The van der Waals surface area contributed by atoms with Gasteiger partial charge in [0.2, 0.25) is 0 Å². The number of imide groups is 1. The van der Waals surface area contributed by atoms with Crippen molar-refractivity contribution in [1.29, 1.82) is 0 Å². The molecule has 190 valence electrons. The van der Waals surface area contributed by atoms with Crippen LogP contribution in [-0.2, 0) is 16.0 Å². The van der Waals surface area contributed by atoms with E-state index in [9.17, 15) is 14.4 Å². The maximum absolute atomic E-state index is 15.1. The lowest BCUT2D eigenvalue weighted by atomic mass is 9.99. The monoisotopic (exact) mass is 495 g/mol. The molecule has 0 spiro atoms. The molecule has 0 bridgehead atoms. The second-order valence-electron chi connectivity index (χ2n) is 7.53. The Kier molecular flexibility index (Phi) is 8.64. The van der Waals surface area contributed by atoms with E-state index in [4.69, 9.17) is 14.2 Å². The van der Waals surface area contributed by atoms with Gasteiger partial charge < -0.3 is 14.2 Å². The summed E-state index contributed by atoms with van der Waals surface area (Å²) in [5, 5.41) is 1.25. The summed E-state index contributed by atoms with van der Waals surface area (Å²) in [5.74, 6) is -2.19. The maximum atomic E-state index is 15.1. The van der Waals surface area contributed by atoms with Gasteiger partial charge in [0, 0.05) is 10.8 Å². The van der Waals surface area contributed by atoms with Gasteiger partial charge in [-0.3, -0.25) is 14.4 Å². The van der Waals surface area contributed by atoms with Gasteiger partial charge in [0.15, 0.2) is 0 Å². The first kappa shape index (κ1) is 26.7. The molecule has 0 aromatic heterocycles.